The van der Waals surface area contributed by atoms with Crippen molar-refractivity contribution in [2.75, 3.05) is 7.11 Å². The Morgan fingerprint density at radius 3 is 3.06 bits per heavy atom. The lowest BCUT2D eigenvalue weighted by molar-refractivity contribution is -0.147. The van der Waals surface area contributed by atoms with Crippen molar-refractivity contribution < 1.29 is 9.53 Å². The Morgan fingerprint density at radius 2 is 2.44 bits per heavy atom. The summed E-state index contributed by atoms with van der Waals surface area (Å²) in [7, 11) is 1.45. The van der Waals surface area contributed by atoms with Crippen LogP contribution in [-0.2, 0) is 9.53 Å². The van der Waals surface area contributed by atoms with Crippen LogP contribution in [0, 0.1) is 5.92 Å². The van der Waals surface area contributed by atoms with Crippen molar-refractivity contribution in [2.45, 2.75) is 31.7 Å². The molecule has 1 aliphatic rings. The Morgan fingerprint density at radius 1 is 1.62 bits per heavy atom. The highest BCUT2D eigenvalue weighted by atomic mass is 79.9. The summed E-state index contributed by atoms with van der Waals surface area (Å²) in [6.07, 6.45) is 5.87. The molecule has 5 heteroatoms. The van der Waals surface area contributed by atoms with Crippen molar-refractivity contribution in [3.05, 3.63) is 16.9 Å². The van der Waals surface area contributed by atoms with Gasteiger partial charge in [0, 0.05) is 6.20 Å². The van der Waals surface area contributed by atoms with Crippen LogP contribution in [0.2, 0.25) is 0 Å². The van der Waals surface area contributed by atoms with E-state index >= 15 is 0 Å². The van der Waals surface area contributed by atoms with Crippen LogP contribution in [0.4, 0.5) is 0 Å². The number of ether oxygens (including phenoxy) is 1. The molecule has 88 valence electrons. The monoisotopic (exact) mass is 286 g/mol. The second-order valence-electron chi connectivity index (χ2n) is 4.16. The smallest absolute Gasteiger partial charge is 0.308 e. The fourth-order valence-corrected chi connectivity index (χ4v) is 2.60. The Kier molecular flexibility index (Phi) is 3.63. The molecule has 1 aliphatic carbocycles. The van der Waals surface area contributed by atoms with E-state index in [1.54, 1.807) is 0 Å². The normalized spacial score (nSPS) is 25.4. The molecule has 0 unspecified atom stereocenters. The van der Waals surface area contributed by atoms with E-state index < -0.39 is 0 Å². The molecular weight excluding hydrogens is 272 g/mol. The van der Waals surface area contributed by atoms with Crippen molar-refractivity contribution in [1.29, 1.82) is 0 Å². The summed E-state index contributed by atoms with van der Waals surface area (Å²) < 4.78 is 7.59. The summed E-state index contributed by atoms with van der Waals surface area (Å²) in [6.45, 7) is 0. The molecule has 1 fully saturated rings. The zero-order chi connectivity index (χ0) is 11.5. The second kappa shape index (κ2) is 4.99. The molecule has 4 nitrogen and oxygen atoms in total. The number of carbonyl (C=O) groups excluding carboxylic acids is 1. The van der Waals surface area contributed by atoms with E-state index in [1.807, 2.05) is 16.9 Å². The van der Waals surface area contributed by atoms with Gasteiger partial charge < -0.3 is 4.74 Å². The van der Waals surface area contributed by atoms with Crippen LogP contribution in [0.3, 0.4) is 0 Å². The van der Waals surface area contributed by atoms with Gasteiger partial charge in [-0.25, -0.2) is 0 Å². The van der Waals surface area contributed by atoms with Crippen LogP contribution < -0.4 is 0 Å². The third kappa shape index (κ3) is 2.45. The van der Waals surface area contributed by atoms with Gasteiger partial charge in [-0.05, 0) is 41.3 Å². The molecule has 16 heavy (non-hydrogen) atoms. The van der Waals surface area contributed by atoms with E-state index in [2.05, 4.69) is 21.0 Å². The maximum Gasteiger partial charge on any atom is 0.308 e. The largest absolute Gasteiger partial charge is 0.469 e. The third-order valence-electron chi connectivity index (χ3n) is 3.13. The van der Waals surface area contributed by atoms with E-state index in [-0.39, 0.29) is 11.9 Å². The molecule has 1 saturated carbocycles. The lowest BCUT2D eigenvalue weighted by atomic mass is 9.86. The second-order valence-corrected chi connectivity index (χ2v) is 4.97. The van der Waals surface area contributed by atoms with E-state index in [0.29, 0.717) is 6.04 Å². The van der Waals surface area contributed by atoms with Gasteiger partial charge in [0.25, 0.3) is 0 Å². The summed E-state index contributed by atoms with van der Waals surface area (Å²) in [5.41, 5.74) is 0. The highest BCUT2D eigenvalue weighted by Crippen LogP contribution is 2.33. The van der Waals surface area contributed by atoms with Crippen molar-refractivity contribution >= 4 is 21.9 Å². The van der Waals surface area contributed by atoms with Gasteiger partial charge in [-0.15, -0.1) is 0 Å². The molecule has 0 N–H and O–H groups in total. The summed E-state index contributed by atoms with van der Waals surface area (Å²) in [5.74, 6) is -0.0531. The zero-order valence-electron chi connectivity index (χ0n) is 9.23. The maximum absolute atomic E-state index is 11.5. The van der Waals surface area contributed by atoms with Crippen LogP contribution in [0.15, 0.2) is 16.9 Å². The number of hydrogen-bond donors (Lipinski definition) is 0. The van der Waals surface area contributed by atoms with E-state index in [1.165, 1.54) is 7.11 Å². The fraction of sp³-hybridized carbons (Fsp3) is 0.636. The predicted octanol–water partition coefficient (Wildman–Crippen LogP) is 2.55. The van der Waals surface area contributed by atoms with Crippen molar-refractivity contribution in [3.63, 3.8) is 0 Å². The first-order valence-electron chi connectivity index (χ1n) is 5.49. The standard InChI is InChI=1S/C11H15BrN2O2/c1-16-11(15)8-3-2-4-9(7-8)14-6-5-10(12)13-14/h5-6,8-9H,2-4,7H2,1H3/t8-,9-/m0/s1. The van der Waals surface area contributed by atoms with Crippen molar-refractivity contribution in [3.8, 4) is 0 Å². The first-order chi connectivity index (χ1) is 7.70. The van der Waals surface area contributed by atoms with Gasteiger partial charge in [0.05, 0.1) is 19.1 Å². The molecule has 1 aromatic rings. The first kappa shape index (κ1) is 11.6. The molecule has 0 aromatic carbocycles. The Labute approximate surface area is 103 Å². The van der Waals surface area contributed by atoms with Crippen LogP contribution in [0.5, 0.6) is 0 Å². The minimum Gasteiger partial charge on any atom is -0.469 e. The van der Waals surface area contributed by atoms with Crippen LogP contribution >= 0.6 is 15.9 Å². The number of methoxy groups -OCH3 is 1. The average molecular weight is 287 g/mol. The summed E-state index contributed by atoms with van der Waals surface area (Å²) in [4.78, 5) is 11.5. The van der Waals surface area contributed by atoms with Gasteiger partial charge in [0.15, 0.2) is 0 Å². The molecule has 0 amide bonds. The van der Waals surface area contributed by atoms with Crippen LogP contribution in [0.25, 0.3) is 0 Å². The molecular formula is C11H15BrN2O2. The highest BCUT2D eigenvalue weighted by Gasteiger charge is 2.29. The first-order valence-corrected chi connectivity index (χ1v) is 6.28. The fourth-order valence-electron chi connectivity index (χ4n) is 2.30. The van der Waals surface area contributed by atoms with Gasteiger partial charge in [-0.2, -0.15) is 5.10 Å². The van der Waals surface area contributed by atoms with Gasteiger partial charge in [-0.1, -0.05) is 6.42 Å². The number of carbonyl (C=O) groups is 1. The third-order valence-corrected chi connectivity index (χ3v) is 3.55. The number of halogens is 1. The number of esters is 1. The minimum atomic E-state index is -0.0871. The number of nitrogens with zero attached hydrogens (tertiary/aromatic N) is 2. The summed E-state index contributed by atoms with van der Waals surface area (Å²) in [5, 5.41) is 4.34. The van der Waals surface area contributed by atoms with Gasteiger partial charge in [0.2, 0.25) is 0 Å². The van der Waals surface area contributed by atoms with E-state index in [9.17, 15) is 4.79 Å². The molecule has 0 aliphatic heterocycles. The number of hydrogen-bond acceptors (Lipinski definition) is 3. The van der Waals surface area contributed by atoms with Crippen molar-refractivity contribution in [1.82, 2.24) is 9.78 Å². The molecule has 1 heterocycles. The van der Waals surface area contributed by atoms with Gasteiger partial charge in [-0.3, -0.25) is 9.48 Å². The lowest BCUT2D eigenvalue weighted by Crippen LogP contribution is -2.26. The summed E-state index contributed by atoms with van der Waals surface area (Å²) in [6, 6.07) is 2.24. The topological polar surface area (TPSA) is 44.1 Å². The molecule has 2 atom stereocenters. The Hall–Kier alpha value is -0.840. The quantitative estimate of drug-likeness (QED) is 0.785. The Bertz CT molecular complexity index is 378. The van der Waals surface area contributed by atoms with Gasteiger partial charge >= 0.3 is 5.97 Å². The zero-order valence-corrected chi connectivity index (χ0v) is 10.8. The van der Waals surface area contributed by atoms with Crippen LogP contribution in [0.1, 0.15) is 31.7 Å². The van der Waals surface area contributed by atoms with E-state index in [4.69, 9.17) is 4.74 Å². The molecule has 0 bridgehead atoms. The minimum absolute atomic E-state index is 0.0340. The average Bonchev–Trinajstić information content (AvgIpc) is 2.75. The molecule has 0 saturated heterocycles. The highest BCUT2D eigenvalue weighted by molar-refractivity contribution is 9.10. The Balaban J connectivity index is 2.04. The van der Waals surface area contributed by atoms with Crippen LogP contribution in [-0.4, -0.2) is 22.9 Å². The SMILES string of the molecule is COC(=O)[C@H]1CCC[C@H](n2ccc(Br)n2)C1. The molecule has 1 aromatic heterocycles. The van der Waals surface area contributed by atoms with Gasteiger partial charge in [0.1, 0.15) is 4.60 Å². The predicted molar refractivity (Wildman–Crippen MR) is 62.9 cm³/mol. The number of rotatable bonds is 2. The lowest BCUT2D eigenvalue weighted by Gasteiger charge is -2.27. The van der Waals surface area contributed by atoms with E-state index in [0.717, 1.165) is 30.3 Å². The molecule has 2 rings (SSSR count). The molecule has 0 radical (unpaired) electrons. The summed E-state index contributed by atoms with van der Waals surface area (Å²) >= 11 is 3.33. The van der Waals surface area contributed by atoms with Crippen molar-refractivity contribution in [2.24, 2.45) is 5.92 Å². The maximum atomic E-state index is 11.5. The molecule has 0 spiro atoms. The number of aromatic nitrogens is 2.